The molecule has 224 valence electrons. The van der Waals surface area contributed by atoms with Gasteiger partial charge in [0.25, 0.3) is 5.56 Å². The first-order valence-electron chi connectivity index (χ1n) is 13.7. The number of carbonyl (C=O) groups is 1. The largest absolute Gasteiger partial charge is 0.491 e. The number of carboxylic acids is 1. The van der Waals surface area contributed by atoms with Gasteiger partial charge in [-0.3, -0.25) is 14.3 Å². The van der Waals surface area contributed by atoms with Crippen LogP contribution in [0.25, 0.3) is 43.5 Å². The van der Waals surface area contributed by atoms with Crippen molar-refractivity contribution in [2.45, 2.75) is 27.3 Å². The number of aryl methyl sites for hydroxylation is 3. The summed E-state index contributed by atoms with van der Waals surface area (Å²) >= 11 is 13.7. The van der Waals surface area contributed by atoms with Crippen molar-refractivity contribution in [3.8, 4) is 34.2 Å². The van der Waals surface area contributed by atoms with Gasteiger partial charge in [0.2, 0.25) is 0 Å². The fourth-order valence-corrected chi connectivity index (χ4v) is 6.62. The van der Waals surface area contributed by atoms with Gasteiger partial charge < -0.3 is 9.84 Å². The Kier molecular flexibility index (Phi) is 8.01. The van der Waals surface area contributed by atoms with Crippen LogP contribution in [0.2, 0.25) is 10.0 Å². The number of benzene rings is 2. The van der Waals surface area contributed by atoms with Crippen molar-refractivity contribution in [1.29, 1.82) is 5.26 Å². The lowest BCUT2D eigenvalue weighted by Gasteiger charge is -2.16. The molecule has 0 aliphatic heterocycles. The van der Waals surface area contributed by atoms with E-state index in [-0.39, 0.29) is 35.2 Å². The second-order valence-electron chi connectivity index (χ2n) is 10.3. The molecule has 4 aromatic heterocycles. The van der Waals surface area contributed by atoms with Crippen LogP contribution in [0.1, 0.15) is 33.1 Å². The van der Waals surface area contributed by atoms with E-state index in [1.165, 1.54) is 15.9 Å². The molecule has 6 aromatic rings. The Balaban J connectivity index is 1.38. The fourth-order valence-electron chi connectivity index (χ4n) is 5.31. The highest BCUT2D eigenvalue weighted by Gasteiger charge is 2.21. The number of rotatable bonds is 7. The minimum atomic E-state index is -1.05. The van der Waals surface area contributed by atoms with Gasteiger partial charge in [-0.2, -0.15) is 5.26 Å². The lowest BCUT2D eigenvalue weighted by Crippen LogP contribution is -2.27. The molecule has 6 rings (SSSR count). The van der Waals surface area contributed by atoms with E-state index in [1.807, 2.05) is 6.07 Å². The maximum absolute atomic E-state index is 13.9. The quantitative estimate of drug-likeness (QED) is 0.186. The van der Waals surface area contributed by atoms with Gasteiger partial charge in [-0.15, -0.1) is 11.3 Å². The highest BCUT2D eigenvalue weighted by atomic mass is 35.5. The van der Waals surface area contributed by atoms with E-state index in [2.05, 4.69) is 21.0 Å². The second kappa shape index (κ2) is 11.9. The molecule has 0 saturated heterocycles. The Hall–Kier alpha value is -4.82. The SMILES string of the molecule is Cc1cc(-c2cc(Cl)ccc2OCCn2c(C)nc3c(C)nc(-c4ccc(Cl)cc4)c(C#N)c3c2=O)c2scc(C(=O)O)c2n1. The molecule has 4 heterocycles. The summed E-state index contributed by atoms with van der Waals surface area (Å²) in [4.78, 5) is 39.5. The number of pyridine rings is 2. The summed E-state index contributed by atoms with van der Waals surface area (Å²) < 4.78 is 8.41. The summed E-state index contributed by atoms with van der Waals surface area (Å²) in [6.45, 7) is 5.52. The molecule has 0 unspecified atom stereocenters. The van der Waals surface area contributed by atoms with Crippen molar-refractivity contribution >= 4 is 61.6 Å². The van der Waals surface area contributed by atoms with E-state index in [4.69, 9.17) is 27.9 Å². The van der Waals surface area contributed by atoms with Crippen molar-refractivity contribution < 1.29 is 14.6 Å². The van der Waals surface area contributed by atoms with Gasteiger partial charge in [0.15, 0.2) is 0 Å². The molecule has 1 N–H and O–H groups in total. The Labute approximate surface area is 270 Å². The predicted octanol–water partition coefficient (Wildman–Crippen LogP) is 7.62. The maximum Gasteiger partial charge on any atom is 0.338 e. The number of aromatic carboxylic acids is 1. The minimum absolute atomic E-state index is 0.0938. The molecule has 0 atom stereocenters. The monoisotopic (exact) mass is 655 g/mol. The molecular formula is C33H23Cl2N5O4S. The van der Waals surface area contributed by atoms with Gasteiger partial charge in [-0.25, -0.2) is 14.8 Å². The Morgan fingerprint density at radius 2 is 1.73 bits per heavy atom. The van der Waals surface area contributed by atoms with Crippen LogP contribution >= 0.6 is 34.5 Å². The number of hydrogen-bond acceptors (Lipinski definition) is 8. The number of nitrogens with zero attached hydrogens (tertiary/aromatic N) is 5. The molecule has 0 fully saturated rings. The Bertz CT molecular complexity index is 2270. The van der Waals surface area contributed by atoms with Crippen LogP contribution in [-0.2, 0) is 6.54 Å². The standard InChI is InChI=1S/C33H23Cl2N5O4S/c1-16-12-23(31-30(37-16)25(15-45-31)33(42)43)22-13-21(35)8-9-26(22)44-11-10-40-18(3)39-28-17(2)38-29(19-4-6-20(34)7-5-19)24(14-36)27(28)32(40)41/h4-9,12-13,15H,10-11H2,1-3H3,(H,42,43). The third-order valence-corrected chi connectivity index (χ3v) is 8.87. The second-order valence-corrected chi connectivity index (χ2v) is 12.1. The first-order valence-corrected chi connectivity index (χ1v) is 15.3. The van der Waals surface area contributed by atoms with Gasteiger partial charge in [-0.05, 0) is 57.2 Å². The van der Waals surface area contributed by atoms with Crippen molar-refractivity contribution in [3.63, 3.8) is 0 Å². The van der Waals surface area contributed by atoms with Crippen LogP contribution in [0.15, 0.2) is 58.7 Å². The van der Waals surface area contributed by atoms with Gasteiger partial charge >= 0.3 is 5.97 Å². The van der Waals surface area contributed by atoms with Crippen molar-refractivity contribution in [3.05, 3.63) is 103 Å². The van der Waals surface area contributed by atoms with Crippen molar-refractivity contribution in [1.82, 2.24) is 19.5 Å². The average Bonchev–Trinajstić information content (AvgIpc) is 3.44. The van der Waals surface area contributed by atoms with Crippen LogP contribution in [0.4, 0.5) is 0 Å². The van der Waals surface area contributed by atoms with Crippen LogP contribution in [0.5, 0.6) is 5.75 Å². The van der Waals surface area contributed by atoms with Crippen LogP contribution in [0.3, 0.4) is 0 Å². The smallest absolute Gasteiger partial charge is 0.338 e. The molecule has 0 spiro atoms. The van der Waals surface area contributed by atoms with Gasteiger partial charge in [0.1, 0.15) is 29.8 Å². The van der Waals surface area contributed by atoms with E-state index in [9.17, 15) is 20.0 Å². The molecule has 9 nitrogen and oxygen atoms in total. The number of aromatic nitrogens is 4. The number of fused-ring (bicyclic) bond motifs is 2. The molecule has 0 amide bonds. The first-order chi connectivity index (χ1) is 21.6. The van der Waals surface area contributed by atoms with Crippen LogP contribution in [-0.4, -0.2) is 37.2 Å². The Morgan fingerprint density at radius 3 is 2.44 bits per heavy atom. The lowest BCUT2D eigenvalue weighted by molar-refractivity contribution is 0.0699. The van der Waals surface area contributed by atoms with Gasteiger partial charge in [0, 0.05) is 37.8 Å². The summed E-state index contributed by atoms with van der Waals surface area (Å²) in [7, 11) is 0. The predicted molar refractivity (Wildman–Crippen MR) is 176 cm³/mol. The summed E-state index contributed by atoms with van der Waals surface area (Å²) in [5, 5.41) is 22.6. The number of halogens is 2. The van der Waals surface area contributed by atoms with E-state index < -0.39 is 5.97 Å². The fraction of sp³-hybridized carbons (Fsp3) is 0.152. The molecule has 0 aliphatic rings. The molecule has 2 aromatic carbocycles. The summed E-state index contributed by atoms with van der Waals surface area (Å²) in [6.07, 6.45) is 0. The van der Waals surface area contributed by atoms with Crippen LogP contribution < -0.4 is 10.3 Å². The zero-order valence-electron chi connectivity index (χ0n) is 24.2. The van der Waals surface area contributed by atoms with E-state index in [0.717, 1.165) is 5.56 Å². The normalized spacial score (nSPS) is 11.2. The first kappa shape index (κ1) is 30.2. The Morgan fingerprint density at radius 1 is 1.00 bits per heavy atom. The molecule has 12 heteroatoms. The maximum atomic E-state index is 13.9. The number of carboxylic acid groups (broad SMARTS) is 1. The zero-order valence-corrected chi connectivity index (χ0v) is 26.5. The lowest BCUT2D eigenvalue weighted by atomic mass is 10.0. The summed E-state index contributed by atoms with van der Waals surface area (Å²) in [5.41, 5.74) is 4.28. The van der Waals surface area contributed by atoms with E-state index in [0.29, 0.717) is 65.6 Å². The molecule has 45 heavy (non-hydrogen) atoms. The summed E-state index contributed by atoms with van der Waals surface area (Å²) in [5.74, 6) is -0.103. The molecular weight excluding hydrogens is 633 g/mol. The van der Waals surface area contributed by atoms with Crippen molar-refractivity contribution in [2.24, 2.45) is 0 Å². The highest BCUT2D eigenvalue weighted by Crippen LogP contribution is 2.40. The zero-order chi connectivity index (χ0) is 32.0. The molecule has 0 radical (unpaired) electrons. The number of ether oxygens (including phenoxy) is 1. The van der Waals surface area contributed by atoms with E-state index in [1.54, 1.807) is 68.6 Å². The molecule has 0 aliphatic carbocycles. The number of thiophene rings is 1. The third-order valence-electron chi connectivity index (χ3n) is 7.38. The third kappa shape index (κ3) is 5.51. The van der Waals surface area contributed by atoms with Crippen molar-refractivity contribution in [2.75, 3.05) is 6.61 Å². The molecule has 0 saturated carbocycles. The molecule has 0 bridgehead atoms. The van der Waals surface area contributed by atoms with E-state index >= 15 is 0 Å². The highest BCUT2D eigenvalue weighted by molar-refractivity contribution is 7.18. The minimum Gasteiger partial charge on any atom is -0.491 e. The van der Waals surface area contributed by atoms with Gasteiger partial charge in [0.05, 0.1) is 44.7 Å². The van der Waals surface area contributed by atoms with Gasteiger partial charge in [-0.1, -0.05) is 35.3 Å². The average molecular weight is 657 g/mol. The topological polar surface area (TPSA) is 131 Å². The number of hydrogen-bond donors (Lipinski definition) is 1. The van der Waals surface area contributed by atoms with Crippen LogP contribution in [0, 0.1) is 32.1 Å². The number of nitriles is 1. The summed E-state index contributed by atoms with van der Waals surface area (Å²) in [6, 6.07) is 16.1.